The fourth-order valence-electron chi connectivity index (χ4n) is 3.08. The van der Waals surface area contributed by atoms with Gasteiger partial charge in [-0.25, -0.2) is 0 Å². The summed E-state index contributed by atoms with van der Waals surface area (Å²) in [4.78, 5) is 13.4. The number of Topliss-reactive ketones (excluding diaryl/α,β-unsaturated/α-hetero) is 1. The highest BCUT2D eigenvalue weighted by atomic mass is 16.7. The van der Waals surface area contributed by atoms with Gasteiger partial charge in [0.15, 0.2) is 33.3 Å². The monoisotopic (exact) mass is 464 g/mol. The van der Waals surface area contributed by atoms with Crippen LogP contribution in [0.15, 0.2) is 36.4 Å². The molecule has 33 heavy (non-hydrogen) atoms. The molecular weight excluding hydrogens is 436 g/mol. The van der Waals surface area contributed by atoms with Crippen molar-refractivity contribution in [1.29, 1.82) is 0 Å². The molecule has 3 rings (SSSR count). The first-order chi connectivity index (χ1) is 16.1. The lowest BCUT2D eigenvalue weighted by Crippen LogP contribution is -2.15. The summed E-state index contributed by atoms with van der Waals surface area (Å²) in [5, 5.41) is 0. The lowest BCUT2D eigenvalue weighted by atomic mass is 10.0. The average Bonchev–Trinajstić information content (AvgIpc) is 3.64. The molecule has 10 heteroatoms. The standard InChI is InChI=1S/C23H28O10/c1-25-11-29-16-7-5-15(6-8-16)22-23(33-22)21(24)20-18(31-13-27-3)9-17(30-12-26-2)10-19(20)32-14-28-4/h5-10,22-23H,11-14H2,1-4H3/t22-,23-/m0/s1. The second kappa shape index (κ2) is 12.4. The molecule has 1 fully saturated rings. The van der Waals surface area contributed by atoms with E-state index in [0.29, 0.717) is 11.5 Å². The molecule has 1 heterocycles. The van der Waals surface area contributed by atoms with Crippen LogP contribution in [0, 0.1) is 0 Å². The fraction of sp³-hybridized carbons (Fsp3) is 0.435. The molecule has 0 N–H and O–H groups in total. The maximum atomic E-state index is 13.4. The summed E-state index contributed by atoms with van der Waals surface area (Å²) >= 11 is 0. The molecule has 0 saturated carbocycles. The average molecular weight is 464 g/mol. The van der Waals surface area contributed by atoms with Gasteiger partial charge in [-0.1, -0.05) is 12.1 Å². The van der Waals surface area contributed by atoms with Crippen molar-refractivity contribution in [3.63, 3.8) is 0 Å². The summed E-state index contributed by atoms with van der Waals surface area (Å²) in [7, 11) is 6.02. The molecule has 0 bridgehead atoms. The van der Waals surface area contributed by atoms with Crippen molar-refractivity contribution >= 4 is 5.78 Å². The SMILES string of the molecule is COCOc1ccc([C@@H]2O[C@H]2C(=O)c2c(OCOC)cc(OCOC)cc2OCOC)cc1. The lowest BCUT2D eigenvalue weighted by Gasteiger charge is -2.17. The van der Waals surface area contributed by atoms with Crippen LogP contribution in [0.1, 0.15) is 22.0 Å². The van der Waals surface area contributed by atoms with Gasteiger partial charge in [0.1, 0.15) is 34.7 Å². The molecule has 0 amide bonds. The number of epoxide rings is 1. The zero-order valence-corrected chi connectivity index (χ0v) is 19.0. The molecule has 180 valence electrons. The molecule has 0 aliphatic carbocycles. The van der Waals surface area contributed by atoms with E-state index in [-0.39, 0.29) is 50.0 Å². The Morgan fingerprint density at radius 1 is 0.727 bits per heavy atom. The quantitative estimate of drug-likeness (QED) is 0.222. The van der Waals surface area contributed by atoms with E-state index < -0.39 is 12.2 Å². The number of carbonyl (C=O) groups is 1. The van der Waals surface area contributed by atoms with Gasteiger partial charge < -0.3 is 42.6 Å². The molecule has 1 aliphatic rings. The normalized spacial score (nSPS) is 16.8. The number of rotatable bonds is 15. The summed E-state index contributed by atoms with van der Waals surface area (Å²) in [5.74, 6) is 1.22. The number of carbonyl (C=O) groups excluding carboxylic acids is 1. The smallest absolute Gasteiger partial charge is 0.202 e. The molecule has 2 aromatic carbocycles. The van der Waals surface area contributed by atoms with E-state index in [0.717, 1.165) is 5.56 Å². The van der Waals surface area contributed by atoms with Gasteiger partial charge in [0.05, 0.1) is 0 Å². The number of hydrogen-bond donors (Lipinski definition) is 0. The van der Waals surface area contributed by atoms with Gasteiger partial charge in [0, 0.05) is 40.6 Å². The summed E-state index contributed by atoms with van der Waals surface area (Å²) in [6.45, 7) is 0.0167. The second-order valence-electron chi connectivity index (χ2n) is 6.91. The van der Waals surface area contributed by atoms with Gasteiger partial charge in [-0.3, -0.25) is 4.79 Å². The first kappa shape index (κ1) is 24.7. The number of ketones is 1. The number of ether oxygens (including phenoxy) is 9. The summed E-state index contributed by atoms with van der Waals surface area (Å²) < 4.78 is 47.8. The summed E-state index contributed by atoms with van der Waals surface area (Å²) in [5.41, 5.74) is 1.05. The van der Waals surface area contributed by atoms with Crippen LogP contribution in [0.4, 0.5) is 0 Å². The second-order valence-corrected chi connectivity index (χ2v) is 6.91. The Bertz CT molecular complexity index is 870. The Labute approximate surface area is 192 Å². The van der Waals surface area contributed by atoms with Crippen molar-refractivity contribution < 1.29 is 47.4 Å². The van der Waals surface area contributed by atoms with Gasteiger partial charge >= 0.3 is 0 Å². The van der Waals surface area contributed by atoms with Crippen LogP contribution >= 0.6 is 0 Å². The van der Waals surface area contributed by atoms with E-state index in [9.17, 15) is 4.79 Å². The predicted octanol–water partition coefficient (Wildman–Crippen LogP) is 2.94. The van der Waals surface area contributed by atoms with Crippen LogP contribution in [-0.4, -0.2) is 67.5 Å². The van der Waals surface area contributed by atoms with E-state index in [2.05, 4.69) is 0 Å². The van der Waals surface area contributed by atoms with E-state index in [4.69, 9.17) is 42.6 Å². The molecule has 1 aliphatic heterocycles. The highest BCUT2D eigenvalue weighted by Crippen LogP contribution is 2.45. The van der Waals surface area contributed by atoms with Crippen molar-refractivity contribution in [1.82, 2.24) is 0 Å². The van der Waals surface area contributed by atoms with Gasteiger partial charge in [-0.05, 0) is 17.7 Å². The minimum absolute atomic E-state index is 0.0125. The Balaban J connectivity index is 1.84. The zero-order chi connectivity index (χ0) is 23.6. The summed E-state index contributed by atoms with van der Waals surface area (Å²) in [6, 6.07) is 10.4. The van der Waals surface area contributed by atoms with Crippen LogP contribution in [0.25, 0.3) is 0 Å². The van der Waals surface area contributed by atoms with E-state index >= 15 is 0 Å². The number of methoxy groups -OCH3 is 4. The van der Waals surface area contributed by atoms with Crippen LogP contribution in [0.3, 0.4) is 0 Å². The fourth-order valence-corrected chi connectivity index (χ4v) is 3.08. The predicted molar refractivity (Wildman–Crippen MR) is 115 cm³/mol. The van der Waals surface area contributed by atoms with Crippen LogP contribution in [-0.2, 0) is 23.7 Å². The van der Waals surface area contributed by atoms with Gasteiger partial charge in [0.25, 0.3) is 0 Å². The van der Waals surface area contributed by atoms with Crippen molar-refractivity contribution in [3.8, 4) is 23.0 Å². The molecule has 2 atom stereocenters. The van der Waals surface area contributed by atoms with Crippen molar-refractivity contribution in [3.05, 3.63) is 47.5 Å². The number of benzene rings is 2. The van der Waals surface area contributed by atoms with Crippen LogP contribution in [0.2, 0.25) is 0 Å². The molecule has 0 spiro atoms. The largest absolute Gasteiger partial charge is 0.468 e. The van der Waals surface area contributed by atoms with Gasteiger partial charge in [-0.15, -0.1) is 0 Å². The third-order valence-electron chi connectivity index (χ3n) is 4.60. The third-order valence-corrected chi connectivity index (χ3v) is 4.60. The van der Waals surface area contributed by atoms with E-state index in [1.165, 1.54) is 21.3 Å². The van der Waals surface area contributed by atoms with Crippen molar-refractivity contribution in [2.45, 2.75) is 12.2 Å². The first-order valence-electron chi connectivity index (χ1n) is 10.1. The molecule has 10 nitrogen and oxygen atoms in total. The Morgan fingerprint density at radius 3 is 1.73 bits per heavy atom. The molecule has 0 aromatic heterocycles. The van der Waals surface area contributed by atoms with E-state index in [1.54, 1.807) is 31.4 Å². The summed E-state index contributed by atoms with van der Waals surface area (Å²) in [6.07, 6.45) is -1.10. The number of hydrogen-bond acceptors (Lipinski definition) is 10. The molecule has 1 saturated heterocycles. The molecule has 2 aromatic rings. The minimum atomic E-state index is -0.698. The lowest BCUT2D eigenvalue weighted by molar-refractivity contribution is 0.0397. The maximum absolute atomic E-state index is 13.4. The van der Waals surface area contributed by atoms with Crippen LogP contribution < -0.4 is 18.9 Å². The molecular formula is C23H28O10. The molecule has 0 unspecified atom stereocenters. The van der Waals surface area contributed by atoms with E-state index in [1.807, 2.05) is 12.1 Å². The highest BCUT2D eigenvalue weighted by Gasteiger charge is 2.48. The molecule has 0 radical (unpaired) electrons. The first-order valence-corrected chi connectivity index (χ1v) is 10.1. The Morgan fingerprint density at radius 2 is 1.21 bits per heavy atom. The Kier molecular flexibility index (Phi) is 9.28. The van der Waals surface area contributed by atoms with Gasteiger partial charge in [-0.2, -0.15) is 0 Å². The van der Waals surface area contributed by atoms with Crippen LogP contribution in [0.5, 0.6) is 23.0 Å². The maximum Gasteiger partial charge on any atom is 0.202 e. The topological polar surface area (TPSA) is 103 Å². The third kappa shape index (κ3) is 6.56. The minimum Gasteiger partial charge on any atom is -0.468 e. The zero-order valence-electron chi connectivity index (χ0n) is 19.0. The van der Waals surface area contributed by atoms with Crippen molar-refractivity contribution in [2.24, 2.45) is 0 Å². The highest BCUT2D eigenvalue weighted by molar-refractivity contribution is 6.06. The van der Waals surface area contributed by atoms with Crippen molar-refractivity contribution in [2.75, 3.05) is 55.6 Å². The van der Waals surface area contributed by atoms with Gasteiger partial charge in [0.2, 0.25) is 5.78 Å². The Hall–Kier alpha value is -2.89.